The number of nitrogens with zero attached hydrogens (tertiary/aromatic N) is 2. The minimum Gasteiger partial charge on any atom is -0.494 e. The van der Waals surface area contributed by atoms with Crippen LogP contribution in [0.25, 0.3) is 10.9 Å². The van der Waals surface area contributed by atoms with Crippen molar-refractivity contribution in [1.82, 2.24) is 9.88 Å². The monoisotopic (exact) mass is 424 g/mol. The highest BCUT2D eigenvalue weighted by atomic mass is 16.5. The Morgan fingerprint density at radius 3 is 2.81 bits per heavy atom. The lowest BCUT2D eigenvalue weighted by molar-refractivity contribution is -0.0562. The molecule has 3 fully saturated rings. The van der Waals surface area contributed by atoms with Crippen molar-refractivity contribution in [2.45, 2.75) is 77.9 Å². The third-order valence-corrected chi connectivity index (χ3v) is 7.58. The Bertz CT molecular complexity index is 852. The van der Waals surface area contributed by atoms with Crippen LogP contribution in [0.2, 0.25) is 0 Å². The SMILES string of the molecule is CC[C@H]1CN2CC[C@H]1C[C@H]2[C@H](O)c1ccnc2ccc(OCCCCCC(C)C)cc12. The Balaban J connectivity index is 1.44. The van der Waals surface area contributed by atoms with Gasteiger partial charge in [-0.15, -0.1) is 0 Å². The molecule has 5 rings (SSSR count). The molecule has 0 aliphatic carbocycles. The second-order valence-electron chi connectivity index (χ2n) is 10.1. The van der Waals surface area contributed by atoms with E-state index in [1.165, 1.54) is 32.1 Å². The molecule has 170 valence electrons. The molecule has 1 N–H and O–H groups in total. The van der Waals surface area contributed by atoms with Crippen molar-refractivity contribution in [2.24, 2.45) is 17.8 Å². The molecule has 0 amide bonds. The van der Waals surface area contributed by atoms with Gasteiger partial charge >= 0.3 is 0 Å². The molecule has 2 bridgehead atoms. The summed E-state index contributed by atoms with van der Waals surface area (Å²) in [4.78, 5) is 7.07. The van der Waals surface area contributed by atoms with Crippen molar-refractivity contribution in [1.29, 1.82) is 0 Å². The number of pyridine rings is 1. The zero-order valence-corrected chi connectivity index (χ0v) is 19.6. The van der Waals surface area contributed by atoms with Gasteiger partial charge in [0.1, 0.15) is 5.75 Å². The first-order valence-electron chi connectivity index (χ1n) is 12.5. The number of unbranched alkanes of at least 4 members (excludes halogenated alkanes) is 2. The summed E-state index contributed by atoms with van der Waals surface area (Å²) in [5.74, 6) is 3.22. The summed E-state index contributed by atoms with van der Waals surface area (Å²) in [7, 11) is 0. The number of hydrogen-bond donors (Lipinski definition) is 1. The van der Waals surface area contributed by atoms with Gasteiger partial charge in [0.25, 0.3) is 0 Å². The van der Waals surface area contributed by atoms with E-state index in [2.05, 4.69) is 36.7 Å². The quantitative estimate of drug-likeness (QED) is 0.476. The summed E-state index contributed by atoms with van der Waals surface area (Å²) in [6, 6.07) is 8.35. The van der Waals surface area contributed by atoms with Crippen LogP contribution in [0.1, 0.15) is 77.4 Å². The second kappa shape index (κ2) is 10.3. The third kappa shape index (κ3) is 5.23. The molecule has 3 aliphatic rings. The smallest absolute Gasteiger partial charge is 0.120 e. The van der Waals surface area contributed by atoms with Crippen LogP contribution >= 0.6 is 0 Å². The van der Waals surface area contributed by atoms with Crippen molar-refractivity contribution in [3.05, 3.63) is 36.0 Å². The molecule has 0 saturated carbocycles. The third-order valence-electron chi connectivity index (χ3n) is 7.58. The van der Waals surface area contributed by atoms with Crippen LogP contribution in [0.4, 0.5) is 0 Å². The van der Waals surface area contributed by atoms with Gasteiger partial charge < -0.3 is 9.84 Å². The molecule has 0 spiro atoms. The molecule has 4 nitrogen and oxygen atoms in total. The Morgan fingerprint density at radius 2 is 2.06 bits per heavy atom. The fourth-order valence-electron chi connectivity index (χ4n) is 5.69. The number of aliphatic hydroxyl groups is 1. The van der Waals surface area contributed by atoms with Crippen molar-refractivity contribution in [3.63, 3.8) is 0 Å². The number of rotatable bonds is 10. The first kappa shape index (κ1) is 22.5. The van der Waals surface area contributed by atoms with E-state index in [0.717, 1.165) is 72.5 Å². The highest BCUT2D eigenvalue weighted by Gasteiger charge is 2.42. The van der Waals surface area contributed by atoms with Crippen LogP contribution in [0, 0.1) is 17.8 Å². The van der Waals surface area contributed by atoms with Crippen LogP contribution in [0.3, 0.4) is 0 Å². The summed E-state index contributed by atoms with van der Waals surface area (Å²) < 4.78 is 6.06. The molecule has 1 aromatic carbocycles. The lowest BCUT2D eigenvalue weighted by Crippen LogP contribution is -2.55. The number of ether oxygens (including phenoxy) is 1. The molecule has 31 heavy (non-hydrogen) atoms. The predicted molar refractivity (Wildman–Crippen MR) is 127 cm³/mol. The highest BCUT2D eigenvalue weighted by Crippen LogP contribution is 2.42. The van der Waals surface area contributed by atoms with Gasteiger partial charge in [0.05, 0.1) is 18.2 Å². The van der Waals surface area contributed by atoms with Crippen LogP contribution in [0.15, 0.2) is 30.5 Å². The average Bonchev–Trinajstić information content (AvgIpc) is 2.80. The van der Waals surface area contributed by atoms with E-state index in [1.54, 1.807) is 0 Å². The molecule has 3 aliphatic heterocycles. The maximum Gasteiger partial charge on any atom is 0.120 e. The Morgan fingerprint density at radius 1 is 1.19 bits per heavy atom. The van der Waals surface area contributed by atoms with Gasteiger partial charge in [-0.25, -0.2) is 0 Å². The zero-order valence-electron chi connectivity index (χ0n) is 19.6. The predicted octanol–water partition coefficient (Wildman–Crippen LogP) is 5.98. The Kier molecular flexibility index (Phi) is 7.50. The summed E-state index contributed by atoms with van der Waals surface area (Å²) in [6.45, 7) is 9.87. The lowest BCUT2D eigenvalue weighted by atomic mass is 9.72. The van der Waals surface area contributed by atoms with Gasteiger partial charge in [0, 0.05) is 24.2 Å². The number of aliphatic hydroxyl groups excluding tert-OH is 1. The summed E-state index contributed by atoms with van der Waals surface area (Å²) >= 11 is 0. The molecule has 0 radical (unpaired) electrons. The maximum atomic E-state index is 11.4. The zero-order chi connectivity index (χ0) is 21.8. The van der Waals surface area contributed by atoms with Crippen molar-refractivity contribution >= 4 is 10.9 Å². The largest absolute Gasteiger partial charge is 0.494 e. The molecule has 1 aromatic heterocycles. The van der Waals surface area contributed by atoms with Gasteiger partial charge in [-0.2, -0.15) is 0 Å². The number of hydrogen-bond acceptors (Lipinski definition) is 4. The van der Waals surface area contributed by atoms with E-state index in [4.69, 9.17) is 4.74 Å². The average molecular weight is 425 g/mol. The van der Waals surface area contributed by atoms with E-state index in [1.807, 2.05) is 24.4 Å². The molecule has 4 heteroatoms. The maximum absolute atomic E-state index is 11.4. The van der Waals surface area contributed by atoms with Gasteiger partial charge in [-0.3, -0.25) is 9.88 Å². The van der Waals surface area contributed by atoms with Crippen LogP contribution in [0.5, 0.6) is 5.75 Å². The molecule has 3 saturated heterocycles. The molecule has 4 heterocycles. The number of fused-ring (bicyclic) bond motifs is 4. The summed E-state index contributed by atoms with van der Waals surface area (Å²) in [5, 5.41) is 12.5. The van der Waals surface area contributed by atoms with Gasteiger partial charge in [0.2, 0.25) is 0 Å². The highest BCUT2D eigenvalue weighted by molar-refractivity contribution is 5.84. The van der Waals surface area contributed by atoms with E-state index in [0.29, 0.717) is 0 Å². The molecular formula is C27H40N2O2. The topological polar surface area (TPSA) is 45.6 Å². The molecule has 5 atom stereocenters. The number of piperidine rings is 3. The summed E-state index contributed by atoms with van der Waals surface area (Å²) in [5.41, 5.74) is 1.93. The van der Waals surface area contributed by atoms with Crippen LogP contribution in [-0.2, 0) is 0 Å². The number of aromatic nitrogens is 1. The first-order valence-corrected chi connectivity index (χ1v) is 12.5. The van der Waals surface area contributed by atoms with Gasteiger partial charge in [0.15, 0.2) is 0 Å². The van der Waals surface area contributed by atoms with Crippen LogP contribution < -0.4 is 4.74 Å². The molecule has 1 unspecified atom stereocenters. The standard InChI is InChI=1S/C27H40N2O2/c1-4-20-18-29-14-12-21(20)16-26(29)27(30)23-11-13-28-25-10-9-22(17-24(23)25)31-15-7-5-6-8-19(2)3/h9-11,13,17,19-21,26-27,30H,4-8,12,14-16,18H2,1-3H3/t20-,21-,26-,27+/m0/s1. The minimum absolute atomic E-state index is 0.220. The fraction of sp³-hybridized carbons (Fsp3) is 0.667. The van der Waals surface area contributed by atoms with Gasteiger partial charge in [-0.05, 0) is 73.4 Å². The van der Waals surface area contributed by atoms with E-state index < -0.39 is 6.10 Å². The Hall–Kier alpha value is -1.65. The molecular weight excluding hydrogens is 384 g/mol. The molecule has 2 aromatic rings. The van der Waals surface area contributed by atoms with Gasteiger partial charge in [-0.1, -0.05) is 46.5 Å². The second-order valence-corrected chi connectivity index (χ2v) is 10.1. The number of benzene rings is 1. The van der Waals surface area contributed by atoms with Crippen molar-refractivity contribution < 1.29 is 9.84 Å². The summed E-state index contributed by atoms with van der Waals surface area (Å²) in [6.07, 6.45) is 9.88. The Labute approximate surface area is 188 Å². The van der Waals surface area contributed by atoms with E-state index >= 15 is 0 Å². The minimum atomic E-state index is -0.475. The lowest BCUT2D eigenvalue weighted by Gasteiger charge is -2.51. The fourth-order valence-corrected chi connectivity index (χ4v) is 5.69. The van der Waals surface area contributed by atoms with Crippen LogP contribution in [-0.4, -0.2) is 40.7 Å². The van der Waals surface area contributed by atoms with Crippen molar-refractivity contribution in [2.75, 3.05) is 19.7 Å². The van der Waals surface area contributed by atoms with E-state index in [-0.39, 0.29) is 6.04 Å². The van der Waals surface area contributed by atoms with Crippen molar-refractivity contribution in [3.8, 4) is 5.75 Å². The normalized spacial score (nSPS) is 26.5. The van der Waals surface area contributed by atoms with E-state index in [9.17, 15) is 5.11 Å². The first-order chi connectivity index (χ1) is 15.1.